The van der Waals surface area contributed by atoms with Crippen molar-refractivity contribution in [2.75, 3.05) is 0 Å². The molecular weight excluding hydrogens is 640 g/mol. The van der Waals surface area contributed by atoms with Gasteiger partial charge in [0.2, 0.25) is 0 Å². The number of halogens is 1. The highest BCUT2D eigenvalue weighted by molar-refractivity contribution is 9.10. The van der Waals surface area contributed by atoms with E-state index in [-0.39, 0.29) is 0 Å². The molecule has 0 aliphatic heterocycles. The number of hydrogen-bond acceptors (Lipinski definition) is 2. The van der Waals surface area contributed by atoms with Gasteiger partial charge in [-0.1, -0.05) is 96.1 Å². The van der Waals surface area contributed by atoms with Gasteiger partial charge in [0, 0.05) is 37.1 Å². The van der Waals surface area contributed by atoms with E-state index in [1.165, 1.54) is 44.5 Å². The van der Waals surface area contributed by atoms with E-state index >= 15 is 0 Å². The molecule has 2 nitrogen and oxygen atoms in total. The minimum Gasteiger partial charge on any atom is -0.456 e. The number of ether oxygens (including phenoxy) is 2. The van der Waals surface area contributed by atoms with E-state index in [9.17, 15) is 0 Å². The van der Waals surface area contributed by atoms with Gasteiger partial charge in [0.15, 0.2) is 0 Å². The first-order chi connectivity index (χ1) is 22.7. The molecular formula is C44H37BrO2. The van der Waals surface area contributed by atoms with Gasteiger partial charge >= 0.3 is 0 Å². The summed E-state index contributed by atoms with van der Waals surface area (Å²) in [6, 6.07) is 40.3. The maximum Gasteiger partial charge on any atom is 0.135 e. The summed E-state index contributed by atoms with van der Waals surface area (Å²) < 4.78 is 14.7. The van der Waals surface area contributed by atoms with E-state index in [4.69, 9.17) is 9.47 Å². The van der Waals surface area contributed by atoms with Gasteiger partial charge in [0.05, 0.1) is 0 Å². The molecule has 7 aromatic rings. The third-order valence-corrected chi connectivity index (χ3v) is 9.85. The van der Waals surface area contributed by atoms with Crippen LogP contribution in [-0.4, -0.2) is 0 Å². The van der Waals surface area contributed by atoms with Crippen molar-refractivity contribution in [1.29, 1.82) is 0 Å². The summed E-state index contributed by atoms with van der Waals surface area (Å²) in [6.45, 7) is 13.0. The Bertz CT molecular complexity index is 2120. The fraction of sp³-hybridized carbons (Fsp3) is 0.136. The van der Waals surface area contributed by atoms with Gasteiger partial charge in [-0.3, -0.25) is 0 Å². The summed E-state index contributed by atoms with van der Waals surface area (Å²) >= 11 is 3.96. The van der Waals surface area contributed by atoms with E-state index in [0.29, 0.717) is 0 Å². The number of fused-ring (bicyclic) bond motifs is 2. The molecule has 0 aliphatic carbocycles. The molecule has 0 amide bonds. The molecule has 0 heterocycles. The third-order valence-electron chi connectivity index (χ3n) is 9.00. The Labute approximate surface area is 285 Å². The van der Waals surface area contributed by atoms with Crippen molar-refractivity contribution in [3.63, 3.8) is 0 Å². The van der Waals surface area contributed by atoms with Crippen LogP contribution in [0.15, 0.2) is 120 Å². The molecule has 0 saturated heterocycles. The zero-order chi connectivity index (χ0) is 32.8. The van der Waals surface area contributed by atoms with Gasteiger partial charge in [-0.25, -0.2) is 0 Å². The Kier molecular flexibility index (Phi) is 8.11. The summed E-state index contributed by atoms with van der Waals surface area (Å²) in [5.74, 6) is 3.24. The fourth-order valence-electron chi connectivity index (χ4n) is 7.21. The average Bonchev–Trinajstić information content (AvgIpc) is 3.03. The molecule has 0 N–H and O–H groups in total. The summed E-state index contributed by atoms with van der Waals surface area (Å²) in [5.41, 5.74) is 12.1. The highest BCUT2D eigenvalue weighted by atomic mass is 79.9. The van der Waals surface area contributed by atoms with E-state index < -0.39 is 0 Å². The maximum absolute atomic E-state index is 6.83. The molecule has 0 aliphatic rings. The Morgan fingerprint density at radius 2 is 0.745 bits per heavy atom. The summed E-state index contributed by atoms with van der Waals surface area (Å²) in [5, 5.41) is 4.18. The largest absolute Gasteiger partial charge is 0.456 e. The quantitative estimate of drug-likeness (QED) is 0.163. The van der Waals surface area contributed by atoms with Crippen molar-refractivity contribution in [1.82, 2.24) is 0 Å². The number of benzene rings is 7. The van der Waals surface area contributed by atoms with Crippen LogP contribution in [0.3, 0.4) is 0 Å². The zero-order valence-electron chi connectivity index (χ0n) is 27.7. The van der Waals surface area contributed by atoms with E-state index in [0.717, 1.165) is 60.1 Å². The smallest absolute Gasteiger partial charge is 0.135 e. The van der Waals surface area contributed by atoms with Crippen LogP contribution >= 0.6 is 15.9 Å². The van der Waals surface area contributed by atoms with E-state index in [1.807, 2.05) is 24.3 Å². The van der Waals surface area contributed by atoms with Gasteiger partial charge in [0.1, 0.15) is 23.0 Å². The van der Waals surface area contributed by atoms with Crippen LogP contribution in [-0.2, 0) is 0 Å². The highest BCUT2D eigenvalue weighted by Crippen LogP contribution is 2.45. The monoisotopic (exact) mass is 676 g/mol. The van der Waals surface area contributed by atoms with Crippen LogP contribution in [0.4, 0.5) is 0 Å². The molecule has 0 saturated carbocycles. The second-order valence-corrected chi connectivity index (χ2v) is 13.4. The van der Waals surface area contributed by atoms with Crippen LogP contribution < -0.4 is 9.47 Å². The first kappa shape index (κ1) is 30.8. The van der Waals surface area contributed by atoms with Gasteiger partial charge in [-0.05, 0) is 121 Å². The molecule has 0 fully saturated rings. The van der Waals surface area contributed by atoms with Gasteiger partial charge in [0.25, 0.3) is 0 Å². The Hall–Kier alpha value is -4.86. The number of para-hydroxylation sites is 2. The minimum absolute atomic E-state index is 0.793. The summed E-state index contributed by atoms with van der Waals surface area (Å²) in [4.78, 5) is 0. The molecule has 0 atom stereocenters. The SMILES string of the molecule is Cc1cc(C)c(-c2ccccc2Oc2cccc3c(Br)c4cccc(Oc5ccccc5-c5c(C)cc(C)cc5C)c4cc23)c(C)c1. The molecule has 232 valence electrons. The van der Waals surface area contributed by atoms with Gasteiger partial charge in [-0.2, -0.15) is 0 Å². The molecule has 7 aromatic carbocycles. The lowest BCUT2D eigenvalue weighted by Crippen LogP contribution is -1.95. The van der Waals surface area contributed by atoms with Crippen LogP contribution in [0.1, 0.15) is 33.4 Å². The molecule has 0 radical (unpaired) electrons. The van der Waals surface area contributed by atoms with Gasteiger partial charge in [-0.15, -0.1) is 0 Å². The predicted octanol–water partition coefficient (Wildman–Crippen LogP) is 13.5. The Balaban J connectivity index is 1.36. The second kappa shape index (κ2) is 12.4. The lowest BCUT2D eigenvalue weighted by atomic mass is 9.93. The maximum atomic E-state index is 6.83. The topological polar surface area (TPSA) is 18.5 Å². The van der Waals surface area contributed by atoms with Crippen molar-refractivity contribution in [2.24, 2.45) is 0 Å². The van der Waals surface area contributed by atoms with E-state index in [2.05, 4.69) is 148 Å². The van der Waals surface area contributed by atoms with Crippen LogP contribution in [0.25, 0.3) is 43.8 Å². The normalized spacial score (nSPS) is 11.3. The van der Waals surface area contributed by atoms with Crippen molar-refractivity contribution < 1.29 is 9.47 Å². The fourth-order valence-corrected chi connectivity index (χ4v) is 7.90. The van der Waals surface area contributed by atoms with Crippen molar-refractivity contribution >= 4 is 37.5 Å². The number of rotatable bonds is 6. The summed E-state index contributed by atoms with van der Waals surface area (Å²) in [7, 11) is 0. The standard InChI is InChI=1S/C44H37BrO2/c1-26-21-28(3)42(29(4)22-26)34-13-7-9-17-38(34)46-40-19-11-15-32-36(40)25-37-33(44(32)45)16-12-20-41(37)47-39-18-10-8-14-35(39)43-30(5)23-27(2)24-31(43)6/h7-25H,1-6H3. The molecule has 47 heavy (non-hydrogen) atoms. The number of hydrogen-bond donors (Lipinski definition) is 0. The molecule has 7 rings (SSSR count). The zero-order valence-corrected chi connectivity index (χ0v) is 29.3. The lowest BCUT2D eigenvalue weighted by molar-refractivity contribution is 0.489. The molecule has 0 bridgehead atoms. The lowest BCUT2D eigenvalue weighted by Gasteiger charge is -2.19. The van der Waals surface area contributed by atoms with Crippen molar-refractivity contribution in [2.45, 2.75) is 41.5 Å². The molecule has 0 aromatic heterocycles. The van der Waals surface area contributed by atoms with Crippen LogP contribution in [0.5, 0.6) is 23.0 Å². The van der Waals surface area contributed by atoms with Gasteiger partial charge < -0.3 is 9.47 Å². The Morgan fingerprint density at radius 1 is 0.383 bits per heavy atom. The first-order valence-corrected chi connectivity index (χ1v) is 16.8. The second-order valence-electron chi connectivity index (χ2n) is 12.6. The predicted molar refractivity (Wildman–Crippen MR) is 201 cm³/mol. The minimum atomic E-state index is 0.793. The third kappa shape index (κ3) is 5.70. The molecule has 0 spiro atoms. The Morgan fingerprint density at radius 3 is 1.15 bits per heavy atom. The first-order valence-electron chi connectivity index (χ1n) is 16.0. The highest BCUT2D eigenvalue weighted by Gasteiger charge is 2.18. The van der Waals surface area contributed by atoms with Crippen molar-refractivity contribution in [3.05, 3.63) is 153 Å². The van der Waals surface area contributed by atoms with Crippen molar-refractivity contribution in [3.8, 4) is 45.3 Å². The van der Waals surface area contributed by atoms with E-state index in [1.54, 1.807) is 0 Å². The van der Waals surface area contributed by atoms with Crippen LogP contribution in [0.2, 0.25) is 0 Å². The number of aryl methyl sites for hydroxylation is 6. The van der Waals surface area contributed by atoms with Crippen LogP contribution in [0, 0.1) is 41.5 Å². The molecule has 0 unspecified atom stereocenters. The summed E-state index contributed by atoms with van der Waals surface area (Å²) in [6.07, 6.45) is 0. The molecule has 3 heteroatoms. The average molecular weight is 678 g/mol.